The number of carbonyl (C=O) groups excluding carboxylic acids is 1. The molecule has 0 radical (unpaired) electrons. The molecule has 0 bridgehead atoms. The fourth-order valence-electron chi connectivity index (χ4n) is 5.42. The van der Waals surface area contributed by atoms with Gasteiger partial charge in [-0.05, 0) is 66.9 Å². The van der Waals surface area contributed by atoms with Gasteiger partial charge in [0, 0.05) is 41.4 Å². The summed E-state index contributed by atoms with van der Waals surface area (Å²) in [5, 5.41) is 0.997. The molecule has 210 valence electrons. The Morgan fingerprint density at radius 3 is 2.19 bits per heavy atom. The average Bonchev–Trinajstić information content (AvgIpc) is 3.52. The van der Waals surface area contributed by atoms with E-state index in [1.54, 1.807) is 29.1 Å². The molecule has 1 aliphatic heterocycles. The number of aromatic nitrogens is 3. The first-order chi connectivity index (χ1) is 20.5. The Morgan fingerprint density at radius 2 is 1.48 bits per heavy atom. The molecular weight excluding hydrogens is 526 g/mol. The lowest BCUT2D eigenvalue weighted by Crippen LogP contribution is -2.27. The van der Waals surface area contributed by atoms with Crippen LogP contribution in [0.25, 0.3) is 27.7 Å². The van der Waals surface area contributed by atoms with Gasteiger partial charge in [0.1, 0.15) is 0 Å². The molecular formula is C35H31N3O4. The zero-order valence-corrected chi connectivity index (χ0v) is 23.6. The molecule has 0 unspecified atom stereocenters. The second-order valence-corrected chi connectivity index (χ2v) is 10.5. The Labute approximate surface area is 244 Å². The number of aryl methyl sites for hydroxylation is 2. The fourth-order valence-corrected chi connectivity index (χ4v) is 5.42. The zero-order valence-electron chi connectivity index (χ0n) is 23.6. The van der Waals surface area contributed by atoms with Gasteiger partial charge in [0.25, 0.3) is 5.56 Å². The lowest BCUT2D eigenvalue weighted by Gasteiger charge is -2.17. The van der Waals surface area contributed by atoms with E-state index in [4.69, 9.17) is 9.47 Å². The van der Waals surface area contributed by atoms with Crippen LogP contribution in [0.5, 0.6) is 0 Å². The maximum atomic E-state index is 12.8. The number of benzene rings is 2. The topological polar surface area (TPSA) is 83.3 Å². The maximum Gasteiger partial charge on any atom is 0.251 e. The summed E-state index contributed by atoms with van der Waals surface area (Å²) in [7, 11) is 0. The average molecular weight is 558 g/mol. The van der Waals surface area contributed by atoms with E-state index in [1.165, 1.54) is 5.56 Å². The SMILES string of the molecule is Cc1ccc2c(-c3ccccn3)cc(=O)n(CC3OCCO3)c2c1.Cc1ccc2c(c1)CC(=O)C=C2c1ccccn1. The Bertz CT molecular complexity index is 1840. The Morgan fingerprint density at radius 1 is 0.786 bits per heavy atom. The van der Waals surface area contributed by atoms with Gasteiger partial charge in [-0.1, -0.05) is 48.0 Å². The van der Waals surface area contributed by atoms with Crippen LogP contribution in [-0.2, 0) is 27.2 Å². The summed E-state index contributed by atoms with van der Waals surface area (Å²) < 4.78 is 12.8. The Kier molecular flexibility index (Phi) is 7.86. The molecule has 2 aliphatic rings. The van der Waals surface area contributed by atoms with Gasteiger partial charge in [-0.3, -0.25) is 19.6 Å². The van der Waals surface area contributed by atoms with Gasteiger partial charge >= 0.3 is 0 Å². The molecule has 7 nitrogen and oxygen atoms in total. The molecule has 0 saturated carbocycles. The van der Waals surface area contributed by atoms with Gasteiger partial charge < -0.3 is 14.0 Å². The summed E-state index contributed by atoms with van der Waals surface area (Å²) in [6.07, 6.45) is 5.32. The Balaban J connectivity index is 0.000000157. The lowest BCUT2D eigenvalue weighted by molar-refractivity contribution is -0.114. The highest BCUT2D eigenvalue weighted by molar-refractivity contribution is 6.04. The van der Waals surface area contributed by atoms with Crippen LogP contribution in [0.1, 0.15) is 27.9 Å². The molecule has 2 aromatic carbocycles. The van der Waals surface area contributed by atoms with Crippen molar-refractivity contribution in [1.82, 2.24) is 14.5 Å². The van der Waals surface area contributed by atoms with Crippen LogP contribution >= 0.6 is 0 Å². The molecule has 5 aromatic rings. The Hall–Kier alpha value is -4.72. The maximum absolute atomic E-state index is 12.8. The highest BCUT2D eigenvalue weighted by atomic mass is 16.7. The largest absolute Gasteiger partial charge is 0.348 e. The predicted octanol–water partition coefficient (Wildman–Crippen LogP) is 5.69. The van der Waals surface area contributed by atoms with E-state index >= 15 is 0 Å². The quantitative estimate of drug-likeness (QED) is 0.282. The van der Waals surface area contributed by atoms with Gasteiger partial charge in [0.05, 0.1) is 36.7 Å². The lowest BCUT2D eigenvalue weighted by atomic mass is 9.87. The number of hydrogen-bond acceptors (Lipinski definition) is 6. The van der Waals surface area contributed by atoms with Crippen molar-refractivity contribution < 1.29 is 14.3 Å². The van der Waals surface area contributed by atoms with Crippen molar-refractivity contribution in [3.63, 3.8) is 0 Å². The number of rotatable bonds is 4. The van der Waals surface area contributed by atoms with Gasteiger partial charge in [-0.25, -0.2) is 0 Å². The number of ketones is 1. The molecule has 0 N–H and O–H groups in total. The normalized spacial score (nSPS) is 14.7. The van der Waals surface area contributed by atoms with Crippen LogP contribution in [0.3, 0.4) is 0 Å². The van der Waals surface area contributed by atoms with Crippen LogP contribution in [0.2, 0.25) is 0 Å². The van der Waals surface area contributed by atoms with E-state index in [-0.39, 0.29) is 17.6 Å². The van der Waals surface area contributed by atoms with Crippen LogP contribution in [0.4, 0.5) is 0 Å². The highest BCUT2D eigenvalue weighted by Gasteiger charge is 2.20. The third-order valence-electron chi connectivity index (χ3n) is 7.39. The molecule has 1 aliphatic carbocycles. The van der Waals surface area contributed by atoms with Crippen molar-refractivity contribution in [3.8, 4) is 11.3 Å². The van der Waals surface area contributed by atoms with Crippen molar-refractivity contribution >= 4 is 22.3 Å². The zero-order chi connectivity index (χ0) is 29.1. The van der Waals surface area contributed by atoms with Crippen molar-refractivity contribution in [2.24, 2.45) is 0 Å². The number of fused-ring (bicyclic) bond motifs is 2. The molecule has 0 atom stereocenters. The van der Waals surface area contributed by atoms with Gasteiger partial charge in [0.2, 0.25) is 0 Å². The first kappa shape index (κ1) is 27.4. The van der Waals surface area contributed by atoms with Gasteiger partial charge in [-0.15, -0.1) is 0 Å². The first-order valence-corrected chi connectivity index (χ1v) is 14.0. The number of ether oxygens (including phenoxy) is 2. The monoisotopic (exact) mass is 557 g/mol. The van der Waals surface area contributed by atoms with E-state index in [0.29, 0.717) is 26.2 Å². The second kappa shape index (κ2) is 12.0. The van der Waals surface area contributed by atoms with Crippen molar-refractivity contribution in [1.29, 1.82) is 0 Å². The molecule has 1 saturated heterocycles. The van der Waals surface area contributed by atoms with Gasteiger partial charge in [-0.2, -0.15) is 0 Å². The number of hydrogen-bond donors (Lipinski definition) is 0. The van der Waals surface area contributed by atoms with Crippen LogP contribution < -0.4 is 5.56 Å². The smallest absolute Gasteiger partial charge is 0.251 e. The third-order valence-corrected chi connectivity index (χ3v) is 7.39. The minimum atomic E-state index is -0.368. The summed E-state index contributed by atoms with van der Waals surface area (Å²) in [6, 6.07) is 25.5. The van der Waals surface area contributed by atoms with E-state index in [1.807, 2.05) is 68.4 Å². The van der Waals surface area contributed by atoms with Crippen LogP contribution in [0.15, 0.2) is 102 Å². The van der Waals surface area contributed by atoms with E-state index in [2.05, 4.69) is 28.2 Å². The van der Waals surface area contributed by atoms with Crippen LogP contribution in [0, 0.1) is 13.8 Å². The summed E-state index contributed by atoms with van der Waals surface area (Å²) in [5.41, 5.74) is 8.74. The molecule has 42 heavy (non-hydrogen) atoms. The minimum absolute atomic E-state index is 0.0761. The molecule has 0 spiro atoms. The number of allylic oxidation sites excluding steroid dienone is 1. The molecule has 4 heterocycles. The van der Waals surface area contributed by atoms with E-state index < -0.39 is 0 Å². The minimum Gasteiger partial charge on any atom is -0.348 e. The summed E-state index contributed by atoms with van der Waals surface area (Å²) in [6.45, 7) is 5.60. The number of carbonyl (C=O) groups is 1. The predicted molar refractivity (Wildman–Crippen MR) is 163 cm³/mol. The number of pyridine rings is 3. The summed E-state index contributed by atoms with van der Waals surface area (Å²) in [4.78, 5) is 33.3. The van der Waals surface area contributed by atoms with Crippen molar-refractivity contribution in [3.05, 3.63) is 136 Å². The second-order valence-electron chi connectivity index (χ2n) is 10.5. The van der Waals surface area contributed by atoms with Crippen molar-refractivity contribution in [2.45, 2.75) is 33.1 Å². The van der Waals surface area contributed by atoms with Crippen LogP contribution in [-0.4, -0.2) is 39.8 Å². The first-order valence-electron chi connectivity index (χ1n) is 14.0. The third kappa shape index (κ3) is 5.84. The summed E-state index contributed by atoms with van der Waals surface area (Å²) >= 11 is 0. The number of nitrogens with zero attached hydrogens (tertiary/aromatic N) is 3. The van der Waals surface area contributed by atoms with E-state index in [9.17, 15) is 9.59 Å². The fraction of sp³-hybridized carbons (Fsp3) is 0.200. The molecule has 7 rings (SSSR count). The molecule has 7 heteroatoms. The van der Waals surface area contributed by atoms with Crippen molar-refractivity contribution in [2.75, 3.05) is 13.2 Å². The summed E-state index contributed by atoms with van der Waals surface area (Å²) in [5.74, 6) is 0.147. The standard InChI is InChI=1S/C19H18N2O3.C16H13NO/c1-13-5-6-14-15(16-4-2-3-7-20-16)11-18(22)21(17(14)10-13)12-19-23-8-9-24-19;1-11-5-6-14-12(8-11)9-13(18)10-15(14)16-4-2-3-7-17-16/h2-7,10-11,19H,8-9,12H2,1H3;2-8,10H,9H2,1H3. The van der Waals surface area contributed by atoms with E-state index in [0.717, 1.165) is 50.1 Å². The highest BCUT2D eigenvalue weighted by Crippen LogP contribution is 2.30. The molecule has 3 aromatic heterocycles. The van der Waals surface area contributed by atoms with Gasteiger partial charge in [0.15, 0.2) is 12.1 Å². The molecule has 0 amide bonds. The molecule has 1 fully saturated rings.